The van der Waals surface area contributed by atoms with Crippen LogP contribution in [0.2, 0.25) is 0 Å². The zero-order valence-corrected chi connectivity index (χ0v) is 15.4. The predicted molar refractivity (Wildman–Crippen MR) is 99.2 cm³/mol. The Hall–Kier alpha value is -1.37. The van der Waals surface area contributed by atoms with Crippen LogP contribution >= 0.6 is 0 Å². The molecule has 6 heteroatoms. The van der Waals surface area contributed by atoms with Crippen molar-refractivity contribution < 1.29 is 13.5 Å². The molecule has 1 aromatic carbocycles. The Kier molecular flexibility index (Phi) is 4.38. The molecule has 1 aliphatic heterocycles. The van der Waals surface area contributed by atoms with Crippen molar-refractivity contribution in [2.24, 2.45) is 5.92 Å². The van der Waals surface area contributed by atoms with Crippen molar-refractivity contribution in [2.45, 2.75) is 50.7 Å². The molecule has 2 atom stereocenters. The molecule has 1 saturated carbocycles. The first kappa shape index (κ1) is 17.1. The molecular weight excluding hydrogens is 336 g/mol. The Bertz CT molecular complexity index is 881. The van der Waals surface area contributed by atoms with Crippen molar-refractivity contribution in [3.8, 4) is 0 Å². The van der Waals surface area contributed by atoms with Gasteiger partial charge in [-0.3, -0.25) is 0 Å². The first-order valence-electron chi connectivity index (χ1n) is 9.18. The number of aromatic nitrogens is 1. The van der Waals surface area contributed by atoms with Crippen molar-refractivity contribution in [1.29, 1.82) is 0 Å². The molecule has 1 fully saturated rings. The summed E-state index contributed by atoms with van der Waals surface area (Å²) in [6.07, 6.45) is 6.30. The van der Waals surface area contributed by atoms with Gasteiger partial charge in [0.15, 0.2) is 0 Å². The lowest BCUT2D eigenvalue weighted by atomic mass is 9.84. The van der Waals surface area contributed by atoms with E-state index in [-0.39, 0.29) is 12.0 Å². The SMILES string of the molecule is CS(=O)(=O)n1c2c(c3ccccc31)C(CC(O)C1CCCC1)CNC2. The number of hydrogen-bond acceptors (Lipinski definition) is 4. The van der Waals surface area contributed by atoms with E-state index in [0.29, 0.717) is 18.9 Å². The Labute approximate surface area is 149 Å². The fourth-order valence-corrected chi connectivity index (χ4v) is 5.86. The highest BCUT2D eigenvalue weighted by Crippen LogP contribution is 2.39. The molecule has 0 amide bonds. The van der Waals surface area contributed by atoms with Gasteiger partial charge in [-0.2, -0.15) is 0 Å². The quantitative estimate of drug-likeness (QED) is 0.877. The lowest BCUT2D eigenvalue weighted by molar-refractivity contribution is 0.0932. The molecule has 1 aliphatic carbocycles. The topological polar surface area (TPSA) is 71.3 Å². The third-order valence-corrected chi connectivity index (χ3v) is 6.94. The smallest absolute Gasteiger partial charge is 0.236 e. The summed E-state index contributed by atoms with van der Waals surface area (Å²) in [5.74, 6) is 0.542. The average molecular weight is 362 g/mol. The van der Waals surface area contributed by atoms with Crippen molar-refractivity contribution in [2.75, 3.05) is 12.8 Å². The standard InChI is InChI=1S/C19H26N2O3S/c1-25(23,24)21-16-9-5-4-8-15(16)19-14(11-20-12-17(19)21)10-18(22)13-6-2-3-7-13/h4-5,8-9,13-14,18,20,22H,2-3,6-7,10-12H2,1H3. The molecule has 0 spiro atoms. The van der Waals surface area contributed by atoms with Crippen LogP contribution in [0.5, 0.6) is 0 Å². The number of hydrogen-bond donors (Lipinski definition) is 2. The summed E-state index contributed by atoms with van der Waals surface area (Å²) in [5.41, 5.74) is 2.69. The second-order valence-electron chi connectivity index (χ2n) is 7.58. The summed E-state index contributed by atoms with van der Waals surface area (Å²) in [4.78, 5) is 0. The third kappa shape index (κ3) is 3.00. The molecule has 2 unspecified atom stereocenters. The van der Waals surface area contributed by atoms with E-state index in [2.05, 4.69) is 5.32 Å². The summed E-state index contributed by atoms with van der Waals surface area (Å²) in [5, 5.41) is 15.1. The Morgan fingerprint density at radius 3 is 2.72 bits per heavy atom. The minimum Gasteiger partial charge on any atom is -0.393 e. The van der Waals surface area contributed by atoms with Crippen LogP contribution in [-0.4, -0.2) is 36.4 Å². The van der Waals surface area contributed by atoms with Crippen LogP contribution in [0.4, 0.5) is 0 Å². The van der Waals surface area contributed by atoms with Gasteiger partial charge in [0.05, 0.1) is 23.6 Å². The molecule has 4 rings (SSSR count). The van der Waals surface area contributed by atoms with Crippen LogP contribution in [0, 0.1) is 5.92 Å². The zero-order valence-electron chi connectivity index (χ0n) is 14.6. The van der Waals surface area contributed by atoms with Crippen molar-refractivity contribution >= 4 is 20.9 Å². The number of rotatable bonds is 4. The summed E-state index contributed by atoms with van der Waals surface area (Å²) < 4.78 is 26.3. The van der Waals surface area contributed by atoms with Gasteiger partial charge in [0, 0.05) is 24.4 Å². The van der Waals surface area contributed by atoms with E-state index in [1.54, 1.807) is 0 Å². The van der Waals surface area contributed by atoms with Gasteiger partial charge in [-0.1, -0.05) is 31.0 Å². The van der Waals surface area contributed by atoms with E-state index in [1.165, 1.54) is 23.1 Å². The third-order valence-electron chi connectivity index (χ3n) is 5.86. The number of fused-ring (bicyclic) bond motifs is 3. The maximum Gasteiger partial charge on any atom is 0.236 e. The van der Waals surface area contributed by atoms with Crippen molar-refractivity contribution in [3.05, 3.63) is 35.5 Å². The first-order valence-corrected chi connectivity index (χ1v) is 11.0. The molecule has 1 aromatic heterocycles. The van der Waals surface area contributed by atoms with Gasteiger partial charge < -0.3 is 10.4 Å². The predicted octanol–water partition coefficient (Wildman–Crippen LogP) is 2.58. The van der Waals surface area contributed by atoms with Gasteiger partial charge in [-0.05, 0) is 36.8 Å². The van der Waals surface area contributed by atoms with Crippen LogP contribution < -0.4 is 5.32 Å². The molecule has 0 bridgehead atoms. The lowest BCUT2D eigenvalue weighted by Gasteiger charge is -2.29. The van der Waals surface area contributed by atoms with E-state index < -0.39 is 10.0 Å². The molecule has 2 heterocycles. The molecule has 2 aromatic rings. The summed E-state index contributed by atoms with van der Waals surface area (Å²) in [6, 6.07) is 7.72. The van der Waals surface area contributed by atoms with E-state index in [4.69, 9.17) is 0 Å². The number of benzene rings is 1. The highest BCUT2D eigenvalue weighted by atomic mass is 32.2. The average Bonchev–Trinajstić information content (AvgIpc) is 3.20. The number of nitrogens with zero attached hydrogens (tertiary/aromatic N) is 1. The zero-order chi connectivity index (χ0) is 17.6. The molecule has 136 valence electrons. The van der Waals surface area contributed by atoms with Gasteiger partial charge in [0.2, 0.25) is 10.0 Å². The van der Waals surface area contributed by atoms with E-state index in [9.17, 15) is 13.5 Å². The Morgan fingerprint density at radius 2 is 2.00 bits per heavy atom. The van der Waals surface area contributed by atoms with Gasteiger partial charge >= 0.3 is 0 Å². The van der Waals surface area contributed by atoms with Crippen LogP contribution in [0.1, 0.15) is 49.3 Å². The summed E-state index contributed by atoms with van der Waals surface area (Å²) >= 11 is 0. The van der Waals surface area contributed by atoms with Crippen LogP contribution in [-0.2, 0) is 16.6 Å². The van der Waals surface area contributed by atoms with Crippen molar-refractivity contribution in [3.63, 3.8) is 0 Å². The number of aliphatic hydroxyl groups is 1. The van der Waals surface area contributed by atoms with Crippen LogP contribution in [0.25, 0.3) is 10.9 Å². The fourth-order valence-electron chi connectivity index (χ4n) is 4.78. The maximum atomic E-state index is 12.4. The molecule has 2 N–H and O–H groups in total. The van der Waals surface area contributed by atoms with Gasteiger partial charge in [-0.15, -0.1) is 0 Å². The summed E-state index contributed by atoms with van der Waals surface area (Å²) in [7, 11) is -3.38. The monoisotopic (exact) mass is 362 g/mol. The highest BCUT2D eigenvalue weighted by Gasteiger charge is 2.33. The molecule has 0 saturated heterocycles. The molecular formula is C19H26N2O3S. The van der Waals surface area contributed by atoms with Gasteiger partial charge in [0.25, 0.3) is 0 Å². The first-order chi connectivity index (χ1) is 12.0. The molecule has 2 aliphatic rings. The largest absolute Gasteiger partial charge is 0.393 e. The highest BCUT2D eigenvalue weighted by molar-refractivity contribution is 7.89. The number of aliphatic hydroxyl groups excluding tert-OH is 1. The normalized spacial score (nSPS) is 23.0. The van der Waals surface area contributed by atoms with E-state index in [1.807, 2.05) is 24.3 Å². The summed E-state index contributed by atoms with van der Waals surface area (Å²) in [6.45, 7) is 1.33. The van der Waals surface area contributed by atoms with E-state index >= 15 is 0 Å². The second-order valence-corrected chi connectivity index (χ2v) is 9.41. The molecule has 25 heavy (non-hydrogen) atoms. The molecule has 0 radical (unpaired) electrons. The maximum absolute atomic E-state index is 12.4. The van der Waals surface area contributed by atoms with Crippen molar-refractivity contribution in [1.82, 2.24) is 9.29 Å². The minimum absolute atomic E-state index is 0.146. The molecule has 5 nitrogen and oxygen atoms in total. The second kappa shape index (κ2) is 6.41. The lowest BCUT2D eigenvalue weighted by Crippen LogP contribution is -2.33. The number of para-hydroxylation sites is 1. The van der Waals surface area contributed by atoms with Crippen LogP contribution in [0.3, 0.4) is 0 Å². The van der Waals surface area contributed by atoms with Crippen LogP contribution in [0.15, 0.2) is 24.3 Å². The van der Waals surface area contributed by atoms with E-state index in [0.717, 1.165) is 41.5 Å². The van der Waals surface area contributed by atoms with Gasteiger partial charge in [-0.25, -0.2) is 12.4 Å². The Morgan fingerprint density at radius 1 is 1.28 bits per heavy atom. The minimum atomic E-state index is -3.38. The fraction of sp³-hybridized carbons (Fsp3) is 0.579. The van der Waals surface area contributed by atoms with Gasteiger partial charge in [0.1, 0.15) is 0 Å². The number of nitrogens with one attached hydrogen (secondary N) is 1. The Balaban J connectivity index is 1.78.